The Balaban J connectivity index is 1.97. The van der Waals surface area contributed by atoms with Crippen molar-refractivity contribution in [1.29, 1.82) is 0 Å². The third kappa shape index (κ3) is 2.74. The molecule has 0 atom stereocenters. The van der Waals surface area contributed by atoms with Crippen LogP contribution in [0.3, 0.4) is 0 Å². The molecule has 0 aliphatic rings. The van der Waals surface area contributed by atoms with Crippen LogP contribution in [0.1, 0.15) is 16.1 Å². The van der Waals surface area contributed by atoms with Crippen LogP contribution in [0, 0.1) is 10.5 Å². The van der Waals surface area contributed by atoms with Crippen molar-refractivity contribution in [2.75, 3.05) is 5.32 Å². The van der Waals surface area contributed by atoms with E-state index in [0.29, 0.717) is 16.6 Å². The molecule has 3 rings (SSSR count). The molecule has 6 heteroatoms. The molecular weight excluding hydrogens is 393 g/mol. The number of benzene rings is 2. The van der Waals surface area contributed by atoms with Crippen molar-refractivity contribution in [2.24, 2.45) is 0 Å². The third-order valence-electron chi connectivity index (χ3n) is 3.32. The summed E-state index contributed by atoms with van der Waals surface area (Å²) in [6, 6.07) is 12.5. The molecule has 0 saturated carbocycles. The number of carbonyl (C=O) groups excluding carboxylic acids is 1. The van der Waals surface area contributed by atoms with Crippen LogP contribution in [0.15, 0.2) is 47.3 Å². The normalized spacial score (nSPS) is 10.6. The van der Waals surface area contributed by atoms with Gasteiger partial charge in [-0.1, -0.05) is 18.2 Å². The first-order valence-corrected chi connectivity index (χ1v) is 7.69. The van der Waals surface area contributed by atoms with E-state index in [4.69, 9.17) is 0 Å². The molecule has 0 saturated heterocycles. The molecule has 0 spiro atoms. The van der Waals surface area contributed by atoms with Crippen molar-refractivity contribution in [3.63, 3.8) is 0 Å². The fourth-order valence-corrected chi connectivity index (χ4v) is 2.60. The van der Waals surface area contributed by atoms with Crippen molar-refractivity contribution < 1.29 is 4.79 Å². The summed E-state index contributed by atoms with van der Waals surface area (Å²) >= 11 is 2.19. The quantitative estimate of drug-likeness (QED) is 0.644. The Morgan fingerprint density at radius 1 is 1.23 bits per heavy atom. The number of fused-ring (bicyclic) bond motifs is 1. The Morgan fingerprint density at radius 3 is 2.77 bits per heavy atom. The Morgan fingerprint density at radius 2 is 2.00 bits per heavy atom. The summed E-state index contributed by atoms with van der Waals surface area (Å²) in [6.07, 6.45) is 0. The molecule has 0 bridgehead atoms. The number of hydrogen-bond acceptors (Lipinski definition) is 3. The molecular formula is C16H12IN3O2. The topological polar surface area (TPSA) is 74.8 Å². The minimum Gasteiger partial charge on any atom is -0.320 e. The first kappa shape index (κ1) is 14.7. The standard InChI is InChI=1S/C16H12IN3O2/c1-9-6-7-10(8-12(9)17)18-16(22)14-15(21)11-4-2-3-5-13(11)19-20-14/h2-8H,1H3,(H,18,22)(H,19,21). The highest BCUT2D eigenvalue weighted by Gasteiger charge is 2.15. The van der Waals surface area contributed by atoms with Gasteiger partial charge < -0.3 is 5.32 Å². The van der Waals surface area contributed by atoms with Crippen molar-refractivity contribution >= 4 is 45.1 Å². The van der Waals surface area contributed by atoms with Crippen molar-refractivity contribution in [3.05, 3.63) is 67.5 Å². The highest BCUT2D eigenvalue weighted by molar-refractivity contribution is 14.1. The van der Waals surface area contributed by atoms with Gasteiger partial charge in [-0.2, -0.15) is 5.10 Å². The highest BCUT2D eigenvalue weighted by Crippen LogP contribution is 2.17. The van der Waals surface area contributed by atoms with E-state index in [-0.39, 0.29) is 11.1 Å². The molecule has 5 nitrogen and oxygen atoms in total. The van der Waals surface area contributed by atoms with E-state index in [0.717, 1.165) is 9.13 Å². The lowest BCUT2D eigenvalue weighted by molar-refractivity contribution is 0.102. The second-order valence-electron chi connectivity index (χ2n) is 4.87. The number of amides is 1. The van der Waals surface area contributed by atoms with Gasteiger partial charge in [-0.15, -0.1) is 0 Å². The first-order valence-electron chi connectivity index (χ1n) is 6.61. The molecule has 0 radical (unpaired) electrons. The Bertz CT molecular complexity index is 934. The van der Waals surface area contributed by atoms with Crippen LogP contribution in [0.4, 0.5) is 5.69 Å². The molecule has 2 aromatic carbocycles. The minimum atomic E-state index is -0.522. The van der Waals surface area contributed by atoms with E-state index < -0.39 is 5.91 Å². The van der Waals surface area contributed by atoms with Gasteiger partial charge in [0.05, 0.1) is 5.52 Å². The fourth-order valence-electron chi connectivity index (χ4n) is 2.09. The molecule has 1 amide bonds. The second kappa shape index (κ2) is 5.88. The Kier molecular flexibility index (Phi) is 3.93. The maximum Gasteiger partial charge on any atom is 0.280 e. The summed E-state index contributed by atoms with van der Waals surface area (Å²) < 4.78 is 1.04. The number of nitrogens with zero attached hydrogens (tertiary/aromatic N) is 1. The zero-order chi connectivity index (χ0) is 15.7. The van der Waals surface area contributed by atoms with E-state index >= 15 is 0 Å². The highest BCUT2D eigenvalue weighted by atomic mass is 127. The predicted molar refractivity (Wildman–Crippen MR) is 94.2 cm³/mol. The lowest BCUT2D eigenvalue weighted by Crippen LogP contribution is -2.24. The zero-order valence-corrected chi connectivity index (χ0v) is 13.8. The van der Waals surface area contributed by atoms with Gasteiger partial charge in [0.25, 0.3) is 5.91 Å². The number of nitrogens with one attached hydrogen (secondary N) is 2. The number of aryl methyl sites for hydroxylation is 1. The van der Waals surface area contributed by atoms with Gasteiger partial charge in [0, 0.05) is 14.6 Å². The monoisotopic (exact) mass is 405 g/mol. The maximum atomic E-state index is 12.3. The predicted octanol–water partition coefficient (Wildman–Crippen LogP) is 3.09. The van der Waals surface area contributed by atoms with Crippen LogP contribution in [0.5, 0.6) is 0 Å². The van der Waals surface area contributed by atoms with E-state index in [2.05, 4.69) is 38.1 Å². The van der Waals surface area contributed by atoms with Gasteiger partial charge in [-0.05, 0) is 59.3 Å². The largest absolute Gasteiger partial charge is 0.320 e. The van der Waals surface area contributed by atoms with Gasteiger partial charge in [-0.25, -0.2) is 0 Å². The number of para-hydroxylation sites is 1. The van der Waals surface area contributed by atoms with E-state index in [1.807, 2.05) is 19.1 Å². The summed E-state index contributed by atoms with van der Waals surface area (Å²) in [6.45, 7) is 1.99. The van der Waals surface area contributed by atoms with Crippen LogP contribution in [0.25, 0.3) is 10.9 Å². The number of carbonyl (C=O) groups is 1. The lowest BCUT2D eigenvalue weighted by atomic mass is 10.2. The minimum absolute atomic E-state index is 0.144. The number of aromatic nitrogens is 2. The van der Waals surface area contributed by atoms with E-state index in [1.54, 1.807) is 30.3 Å². The smallest absolute Gasteiger partial charge is 0.280 e. The zero-order valence-electron chi connectivity index (χ0n) is 11.7. The number of rotatable bonds is 2. The summed E-state index contributed by atoms with van der Waals surface area (Å²) in [5, 5.41) is 9.78. The third-order valence-corrected chi connectivity index (χ3v) is 4.48. The molecule has 2 N–H and O–H groups in total. The summed E-state index contributed by atoms with van der Waals surface area (Å²) in [4.78, 5) is 24.6. The molecule has 1 heterocycles. The first-order chi connectivity index (χ1) is 10.6. The van der Waals surface area contributed by atoms with Gasteiger partial charge in [0.15, 0.2) is 5.69 Å². The van der Waals surface area contributed by atoms with Crippen LogP contribution >= 0.6 is 22.6 Å². The van der Waals surface area contributed by atoms with Crippen LogP contribution in [0.2, 0.25) is 0 Å². The summed E-state index contributed by atoms with van der Waals surface area (Å²) in [5.41, 5.74) is 1.84. The number of H-pyrrole nitrogens is 1. The summed E-state index contributed by atoms with van der Waals surface area (Å²) in [7, 11) is 0. The molecule has 0 fully saturated rings. The van der Waals surface area contributed by atoms with Crippen molar-refractivity contribution in [3.8, 4) is 0 Å². The molecule has 110 valence electrons. The fraction of sp³-hybridized carbons (Fsp3) is 0.0625. The van der Waals surface area contributed by atoms with Crippen LogP contribution in [-0.4, -0.2) is 16.1 Å². The van der Waals surface area contributed by atoms with Crippen LogP contribution < -0.4 is 10.7 Å². The van der Waals surface area contributed by atoms with Gasteiger partial charge in [0.1, 0.15) is 0 Å². The van der Waals surface area contributed by atoms with Gasteiger partial charge >= 0.3 is 0 Å². The average Bonchev–Trinajstić information content (AvgIpc) is 2.51. The second-order valence-corrected chi connectivity index (χ2v) is 6.03. The average molecular weight is 405 g/mol. The number of hydrogen-bond donors (Lipinski definition) is 2. The molecule has 0 unspecified atom stereocenters. The van der Waals surface area contributed by atoms with Crippen molar-refractivity contribution in [2.45, 2.75) is 6.92 Å². The van der Waals surface area contributed by atoms with E-state index in [1.165, 1.54) is 0 Å². The van der Waals surface area contributed by atoms with Crippen molar-refractivity contribution in [1.82, 2.24) is 10.2 Å². The number of anilines is 1. The molecule has 1 aromatic heterocycles. The molecule has 0 aliphatic carbocycles. The number of aromatic amines is 1. The maximum absolute atomic E-state index is 12.3. The molecule has 22 heavy (non-hydrogen) atoms. The van der Waals surface area contributed by atoms with Gasteiger partial charge in [0.2, 0.25) is 5.43 Å². The summed E-state index contributed by atoms with van der Waals surface area (Å²) in [5.74, 6) is -0.522. The SMILES string of the molecule is Cc1ccc(NC(=O)c2n[nH]c3ccccc3c2=O)cc1I. The molecule has 3 aromatic rings. The Labute approximate surface area is 139 Å². The van der Waals surface area contributed by atoms with E-state index in [9.17, 15) is 9.59 Å². The van der Waals surface area contributed by atoms with Gasteiger partial charge in [-0.3, -0.25) is 14.7 Å². The van der Waals surface area contributed by atoms with Crippen LogP contribution in [-0.2, 0) is 0 Å². The lowest BCUT2D eigenvalue weighted by Gasteiger charge is -2.06. The number of halogens is 1. The Hall–Kier alpha value is -2.22. The molecule has 0 aliphatic heterocycles.